The normalized spacial score (nSPS) is 12.2. The molecule has 0 unspecified atom stereocenters. The van der Waals surface area contributed by atoms with Crippen molar-refractivity contribution < 1.29 is 9.47 Å². The maximum absolute atomic E-state index is 6.10. The van der Waals surface area contributed by atoms with Crippen molar-refractivity contribution in [1.82, 2.24) is 10.2 Å². The van der Waals surface area contributed by atoms with Gasteiger partial charge in [-0.3, -0.25) is 0 Å². The number of halogens is 2. The summed E-state index contributed by atoms with van der Waals surface area (Å²) in [7, 11) is 4.00. The molecule has 3 rings (SSSR count). The standard InChI is InChI=1S/C10H11Cl2N.C7H18N2O2.C6H6S.C2H6/c1-13-3-2-7-4-8(11)5-10(12)9(7)6-13;1-9-3-5-11-7-6-10-4-2-8;7-6-4-2-1-3-5-6;1-2/h4-5H,2-3,6H2,1H3;9H,2-8H2,1H3;1-5,7H;1-2H3. The molecule has 3 N–H and O–H groups in total. The van der Waals surface area contributed by atoms with E-state index in [9.17, 15) is 0 Å². The number of fused-ring (bicyclic) bond motifs is 1. The summed E-state index contributed by atoms with van der Waals surface area (Å²) < 4.78 is 10.3. The molecule has 33 heavy (non-hydrogen) atoms. The van der Waals surface area contributed by atoms with E-state index in [1.807, 2.05) is 63.4 Å². The molecule has 0 aromatic heterocycles. The first-order chi connectivity index (χ1) is 16.0. The van der Waals surface area contributed by atoms with Crippen molar-refractivity contribution in [3.8, 4) is 0 Å². The molecule has 188 valence electrons. The van der Waals surface area contributed by atoms with Crippen LogP contribution < -0.4 is 11.1 Å². The molecule has 5 nitrogen and oxygen atoms in total. The van der Waals surface area contributed by atoms with Crippen molar-refractivity contribution in [3.63, 3.8) is 0 Å². The van der Waals surface area contributed by atoms with Crippen molar-refractivity contribution in [3.05, 3.63) is 63.6 Å². The first-order valence-corrected chi connectivity index (χ1v) is 12.6. The van der Waals surface area contributed by atoms with Gasteiger partial charge in [0.15, 0.2) is 0 Å². The third kappa shape index (κ3) is 16.4. The summed E-state index contributed by atoms with van der Waals surface area (Å²) in [5.74, 6) is 0. The number of rotatable bonds is 8. The molecule has 0 bridgehead atoms. The van der Waals surface area contributed by atoms with Crippen molar-refractivity contribution in [1.29, 1.82) is 0 Å². The van der Waals surface area contributed by atoms with Crippen molar-refractivity contribution in [2.24, 2.45) is 5.73 Å². The number of ether oxygens (including phenoxy) is 2. The van der Waals surface area contributed by atoms with Crippen LogP contribution in [-0.2, 0) is 22.4 Å². The summed E-state index contributed by atoms with van der Waals surface area (Å²) in [5, 5.41) is 4.53. The van der Waals surface area contributed by atoms with Gasteiger partial charge >= 0.3 is 0 Å². The maximum Gasteiger partial charge on any atom is 0.0701 e. The number of benzene rings is 2. The lowest BCUT2D eigenvalue weighted by Gasteiger charge is -2.25. The zero-order valence-corrected chi connectivity index (χ0v) is 22.9. The van der Waals surface area contributed by atoms with Gasteiger partial charge in [0.25, 0.3) is 0 Å². The molecule has 0 spiro atoms. The molecule has 8 heteroatoms. The molecule has 0 radical (unpaired) electrons. The van der Waals surface area contributed by atoms with E-state index in [1.165, 1.54) is 11.1 Å². The summed E-state index contributed by atoms with van der Waals surface area (Å²) in [6.07, 6.45) is 1.05. The highest BCUT2D eigenvalue weighted by atomic mass is 35.5. The van der Waals surface area contributed by atoms with Crippen LogP contribution in [0.4, 0.5) is 0 Å². The molecule has 1 aliphatic rings. The fraction of sp³-hybridized carbons (Fsp3) is 0.520. The second kappa shape index (κ2) is 21.7. The third-order valence-electron chi connectivity index (χ3n) is 4.33. The minimum absolute atomic E-state index is 0.580. The van der Waals surface area contributed by atoms with Gasteiger partial charge in [-0.05, 0) is 55.9 Å². The van der Waals surface area contributed by atoms with Gasteiger partial charge in [0, 0.05) is 41.1 Å². The fourth-order valence-electron chi connectivity index (χ4n) is 2.72. The van der Waals surface area contributed by atoms with E-state index in [0.717, 1.165) is 47.6 Å². The number of nitrogens with two attached hydrogens (primary N) is 1. The Labute approximate surface area is 216 Å². The molecule has 0 atom stereocenters. The molecule has 2 aromatic rings. The minimum Gasteiger partial charge on any atom is -0.378 e. The average molecular weight is 519 g/mol. The van der Waals surface area contributed by atoms with E-state index in [1.54, 1.807) is 0 Å². The number of hydrogen-bond donors (Lipinski definition) is 3. The second-order valence-corrected chi connectivity index (χ2v) is 8.33. The van der Waals surface area contributed by atoms with E-state index in [4.69, 9.17) is 38.4 Å². The van der Waals surface area contributed by atoms with Crippen LogP contribution in [0.1, 0.15) is 25.0 Å². The zero-order valence-electron chi connectivity index (χ0n) is 20.4. The Kier molecular flexibility index (Phi) is 21.1. The van der Waals surface area contributed by atoms with Crippen molar-refractivity contribution in [2.75, 3.05) is 60.2 Å². The van der Waals surface area contributed by atoms with Gasteiger partial charge in [-0.2, -0.15) is 0 Å². The molecular formula is C25H41Cl2N3O2S. The number of likely N-dealkylation sites (N-methyl/N-ethyl adjacent to an activating group) is 2. The van der Waals surface area contributed by atoms with Crippen LogP contribution in [0.25, 0.3) is 0 Å². The monoisotopic (exact) mass is 517 g/mol. The largest absolute Gasteiger partial charge is 0.378 e. The predicted molar refractivity (Wildman–Crippen MR) is 146 cm³/mol. The van der Waals surface area contributed by atoms with Crippen LogP contribution in [0.2, 0.25) is 10.0 Å². The third-order valence-corrected chi connectivity index (χ3v) is 5.18. The van der Waals surface area contributed by atoms with E-state index in [2.05, 4.69) is 29.9 Å². The highest BCUT2D eigenvalue weighted by Crippen LogP contribution is 2.29. The Morgan fingerprint density at radius 2 is 1.67 bits per heavy atom. The van der Waals surface area contributed by atoms with Crippen LogP contribution in [0, 0.1) is 0 Å². The zero-order chi connectivity index (χ0) is 24.9. The lowest BCUT2D eigenvalue weighted by atomic mass is 10.0. The molecular weight excluding hydrogens is 477 g/mol. The average Bonchev–Trinajstić information content (AvgIpc) is 2.82. The summed E-state index contributed by atoms with van der Waals surface area (Å²) in [6.45, 7) is 10.1. The topological polar surface area (TPSA) is 59.8 Å². The van der Waals surface area contributed by atoms with Crippen molar-refractivity contribution >= 4 is 35.8 Å². The second-order valence-electron chi connectivity index (χ2n) is 6.97. The number of hydrogen-bond acceptors (Lipinski definition) is 6. The van der Waals surface area contributed by atoms with E-state index in [0.29, 0.717) is 26.4 Å². The Bertz CT molecular complexity index is 716. The Balaban J connectivity index is 0.000000466. The van der Waals surface area contributed by atoms with E-state index in [-0.39, 0.29) is 0 Å². The van der Waals surface area contributed by atoms with Gasteiger partial charge in [0.2, 0.25) is 0 Å². The maximum atomic E-state index is 6.10. The highest BCUT2D eigenvalue weighted by molar-refractivity contribution is 7.80. The number of nitrogens with zero attached hydrogens (tertiary/aromatic N) is 1. The number of thiol groups is 1. The molecule has 0 aliphatic carbocycles. The van der Waals surface area contributed by atoms with Gasteiger partial charge in [-0.15, -0.1) is 12.6 Å². The van der Waals surface area contributed by atoms with E-state index >= 15 is 0 Å². The molecule has 0 saturated carbocycles. The molecule has 0 saturated heterocycles. The Hall–Kier alpha value is -0.830. The minimum atomic E-state index is 0.580. The quantitative estimate of drug-likeness (QED) is 0.332. The van der Waals surface area contributed by atoms with Crippen LogP contribution in [0.3, 0.4) is 0 Å². The van der Waals surface area contributed by atoms with Gasteiger partial charge in [0.05, 0.1) is 26.4 Å². The van der Waals surface area contributed by atoms with E-state index < -0.39 is 0 Å². The smallest absolute Gasteiger partial charge is 0.0701 e. The molecule has 0 fully saturated rings. The summed E-state index contributed by atoms with van der Waals surface area (Å²) in [5.41, 5.74) is 7.75. The van der Waals surface area contributed by atoms with Gasteiger partial charge < -0.3 is 25.4 Å². The summed E-state index contributed by atoms with van der Waals surface area (Å²) in [6, 6.07) is 13.6. The van der Waals surface area contributed by atoms with Crippen LogP contribution >= 0.6 is 35.8 Å². The summed E-state index contributed by atoms with van der Waals surface area (Å²) in [4.78, 5) is 3.28. The van der Waals surface area contributed by atoms with Gasteiger partial charge in [-0.1, -0.05) is 55.2 Å². The highest BCUT2D eigenvalue weighted by Gasteiger charge is 2.16. The predicted octanol–water partition coefficient (Wildman–Crippen LogP) is 5.18. The SMILES string of the molecule is CC.CN1CCc2cc(Cl)cc(Cl)c2C1.CNCCOCCOCCN.Sc1ccccc1. The van der Waals surface area contributed by atoms with Crippen LogP contribution in [-0.4, -0.2) is 65.1 Å². The Morgan fingerprint density at radius 1 is 1.03 bits per heavy atom. The van der Waals surface area contributed by atoms with Gasteiger partial charge in [0.1, 0.15) is 0 Å². The number of nitrogens with one attached hydrogen (secondary N) is 1. The molecule has 2 aromatic carbocycles. The summed E-state index contributed by atoms with van der Waals surface area (Å²) >= 11 is 16.1. The first-order valence-electron chi connectivity index (χ1n) is 11.4. The molecule has 1 heterocycles. The fourth-order valence-corrected chi connectivity index (χ4v) is 3.49. The molecule has 0 amide bonds. The van der Waals surface area contributed by atoms with Crippen LogP contribution in [0.5, 0.6) is 0 Å². The lowest BCUT2D eigenvalue weighted by Crippen LogP contribution is -2.26. The van der Waals surface area contributed by atoms with Crippen molar-refractivity contribution in [2.45, 2.75) is 31.7 Å². The Morgan fingerprint density at radius 3 is 2.21 bits per heavy atom. The lowest BCUT2D eigenvalue weighted by molar-refractivity contribution is 0.0523. The van der Waals surface area contributed by atoms with Gasteiger partial charge in [-0.25, -0.2) is 0 Å². The van der Waals surface area contributed by atoms with Crippen LogP contribution in [0.15, 0.2) is 47.4 Å². The molecule has 1 aliphatic heterocycles. The first kappa shape index (κ1) is 32.2.